The molecule has 1 fully saturated rings. The Morgan fingerprint density at radius 2 is 2.17 bits per heavy atom. The van der Waals surface area contributed by atoms with Gasteiger partial charge in [-0.2, -0.15) is 0 Å². The summed E-state index contributed by atoms with van der Waals surface area (Å²) in [5.41, 5.74) is 10.1. The van der Waals surface area contributed by atoms with Crippen molar-refractivity contribution < 1.29 is 4.55 Å². The van der Waals surface area contributed by atoms with Crippen molar-refractivity contribution in [3.05, 3.63) is 29.7 Å². The minimum atomic E-state index is -1.11. The summed E-state index contributed by atoms with van der Waals surface area (Å²) < 4.78 is 16.0. The molecule has 0 amide bonds. The van der Waals surface area contributed by atoms with Gasteiger partial charge in [0.1, 0.15) is 32.8 Å². The van der Waals surface area contributed by atoms with E-state index in [1.54, 1.807) is 17.5 Å². The van der Waals surface area contributed by atoms with Crippen molar-refractivity contribution in [2.24, 2.45) is 0 Å². The van der Waals surface area contributed by atoms with E-state index in [-0.39, 0.29) is 0 Å². The lowest BCUT2D eigenvalue weighted by atomic mass is 10.1. The maximum atomic E-state index is 12.9. The van der Waals surface area contributed by atoms with E-state index in [1.807, 2.05) is 18.5 Å². The number of aromatic nitrogens is 4. The third kappa shape index (κ3) is 3.43. The summed E-state index contributed by atoms with van der Waals surface area (Å²) in [4.78, 5) is 14.7. The number of hydrogen-bond acceptors (Lipinski definition) is 7. The third-order valence-corrected chi connectivity index (χ3v) is 9.17. The van der Waals surface area contributed by atoms with Crippen LogP contribution in [0.15, 0.2) is 28.0 Å². The van der Waals surface area contributed by atoms with E-state index in [2.05, 4.69) is 27.5 Å². The van der Waals surface area contributed by atoms with Crippen molar-refractivity contribution in [3.8, 4) is 22.0 Å². The first-order chi connectivity index (χ1) is 14.6. The van der Waals surface area contributed by atoms with E-state index in [1.165, 1.54) is 24.2 Å². The first kappa shape index (κ1) is 20.0. The molecular weight excluding hydrogens is 434 g/mol. The number of nitrogens with two attached hydrogens (primary N) is 1. The first-order valence-corrected chi connectivity index (χ1v) is 13.2. The number of fused-ring (bicyclic) bond motifs is 1. The summed E-state index contributed by atoms with van der Waals surface area (Å²) in [6.45, 7) is 4.15. The molecule has 4 aromatic heterocycles. The number of rotatable bonds is 7. The highest BCUT2D eigenvalue weighted by Gasteiger charge is 2.30. The standard InChI is InChI=1S/C21H23N5OS3/c1-3-4-9-30(27)21-18(22)17-14(16-11-24-12(2)26(16)13-5-6-13)10-15(25-20(17)29-21)19-23-7-8-28-19/h7-8,10-11,13H,3-6,9,22H2,1-2H3. The molecule has 0 aromatic carbocycles. The lowest BCUT2D eigenvalue weighted by molar-refractivity contribution is 0.594. The molecule has 4 aromatic rings. The number of thiazole rings is 1. The number of aryl methyl sites for hydroxylation is 1. The molecule has 30 heavy (non-hydrogen) atoms. The SMILES string of the molecule is CCCC[S+]([O-])c1sc2nc(-c3nccs3)cc(-c3cnc(C)n3C3CC3)c2c1N. The number of pyridine rings is 1. The van der Waals surface area contributed by atoms with E-state index in [0.29, 0.717) is 17.5 Å². The van der Waals surface area contributed by atoms with Crippen LogP contribution in [0.1, 0.15) is 44.5 Å². The molecule has 1 saturated carbocycles. The van der Waals surface area contributed by atoms with Crippen LogP contribution < -0.4 is 5.73 Å². The molecule has 156 valence electrons. The Hall–Kier alpha value is -1.94. The molecule has 1 aliphatic rings. The van der Waals surface area contributed by atoms with Gasteiger partial charge in [0.15, 0.2) is 0 Å². The highest BCUT2D eigenvalue weighted by molar-refractivity contribution is 7.93. The monoisotopic (exact) mass is 457 g/mol. The van der Waals surface area contributed by atoms with Gasteiger partial charge < -0.3 is 14.9 Å². The zero-order valence-corrected chi connectivity index (χ0v) is 19.4. The normalized spacial score (nSPS) is 15.2. The van der Waals surface area contributed by atoms with Crippen molar-refractivity contribution in [3.63, 3.8) is 0 Å². The van der Waals surface area contributed by atoms with Gasteiger partial charge in [0.25, 0.3) is 0 Å². The molecule has 9 heteroatoms. The second-order valence-electron chi connectivity index (χ2n) is 7.57. The Morgan fingerprint density at radius 1 is 1.33 bits per heavy atom. The topological polar surface area (TPSA) is 92.7 Å². The van der Waals surface area contributed by atoms with Crippen LogP contribution in [0.25, 0.3) is 32.2 Å². The molecule has 6 nitrogen and oxygen atoms in total. The van der Waals surface area contributed by atoms with Gasteiger partial charge in [-0.05, 0) is 43.4 Å². The summed E-state index contributed by atoms with van der Waals surface area (Å²) in [6.07, 6.45) is 7.98. The quantitative estimate of drug-likeness (QED) is 0.374. The largest absolute Gasteiger partial charge is 0.611 e. The predicted molar refractivity (Wildman–Crippen MR) is 126 cm³/mol. The zero-order chi connectivity index (χ0) is 20.8. The third-order valence-electron chi connectivity index (χ3n) is 5.38. The molecule has 4 heterocycles. The Morgan fingerprint density at radius 3 is 2.87 bits per heavy atom. The molecule has 0 bridgehead atoms. The summed E-state index contributed by atoms with van der Waals surface area (Å²) in [6, 6.07) is 2.56. The van der Waals surface area contributed by atoms with Gasteiger partial charge in [-0.3, -0.25) is 0 Å². The maximum absolute atomic E-state index is 12.9. The van der Waals surface area contributed by atoms with Gasteiger partial charge in [0, 0.05) is 28.6 Å². The Bertz CT molecular complexity index is 1190. The molecule has 5 rings (SSSR count). The van der Waals surface area contributed by atoms with Gasteiger partial charge >= 0.3 is 0 Å². The number of nitrogens with zero attached hydrogens (tertiary/aromatic N) is 4. The number of anilines is 1. The average molecular weight is 458 g/mol. The molecule has 0 aliphatic heterocycles. The van der Waals surface area contributed by atoms with Gasteiger partial charge in [0.05, 0.1) is 11.9 Å². The van der Waals surface area contributed by atoms with Crippen molar-refractivity contribution in [2.45, 2.75) is 49.8 Å². The van der Waals surface area contributed by atoms with Crippen molar-refractivity contribution in [2.75, 3.05) is 11.5 Å². The second-order valence-corrected chi connectivity index (χ2v) is 11.2. The summed E-state index contributed by atoms with van der Waals surface area (Å²) >= 11 is 1.90. The molecule has 1 unspecified atom stereocenters. The van der Waals surface area contributed by atoms with Crippen LogP contribution in [0, 0.1) is 6.92 Å². The number of unbranched alkanes of at least 4 members (excludes halogenated alkanes) is 1. The van der Waals surface area contributed by atoms with Crippen LogP contribution in [0.5, 0.6) is 0 Å². The van der Waals surface area contributed by atoms with Crippen molar-refractivity contribution >= 4 is 49.8 Å². The summed E-state index contributed by atoms with van der Waals surface area (Å²) in [5, 5.41) is 3.71. The van der Waals surface area contributed by atoms with Crippen LogP contribution in [0.3, 0.4) is 0 Å². The summed E-state index contributed by atoms with van der Waals surface area (Å²) in [5.74, 6) is 1.63. The van der Waals surface area contributed by atoms with Crippen molar-refractivity contribution in [1.29, 1.82) is 0 Å². The number of hydrogen-bond donors (Lipinski definition) is 1. The van der Waals surface area contributed by atoms with Crippen LogP contribution in [-0.4, -0.2) is 29.8 Å². The molecule has 0 radical (unpaired) electrons. The fourth-order valence-corrected chi connectivity index (χ4v) is 7.14. The van der Waals surface area contributed by atoms with E-state index < -0.39 is 11.2 Å². The first-order valence-electron chi connectivity index (χ1n) is 10.1. The molecule has 1 atom stereocenters. The number of imidazole rings is 1. The van der Waals surface area contributed by atoms with Crippen LogP contribution in [0.2, 0.25) is 0 Å². The number of thiophene rings is 1. The Labute approximate surface area is 186 Å². The fraction of sp³-hybridized carbons (Fsp3) is 0.381. The highest BCUT2D eigenvalue weighted by Crippen LogP contribution is 2.46. The smallest absolute Gasteiger partial charge is 0.232 e. The highest BCUT2D eigenvalue weighted by atomic mass is 32.2. The Kier molecular flexibility index (Phi) is 5.30. The molecule has 0 spiro atoms. The van der Waals surface area contributed by atoms with Crippen LogP contribution in [-0.2, 0) is 11.2 Å². The maximum Gasteiger partial charge on any atom is 0.232 e. The van der Waals surface area contributed by atoms with Crippen LogP contribution >= 0.6 is 22.7 Å². The lowest BCUT2D eigenvalue weighted by Gasteiger charge is -2.12. The van der Waals surface area contributed by atoms with Crippen LogP contribution in [0.4, 0.5) is 5.69 Å². The van der Waals surface area contributed by atoms with E-state index in [9.17, 15) is 4.55 Å². The molecular formula is C21H23N5OS3. The lowest BCUT2D eigenvalue weighted by Crippen LogP contribution is -2.07. The molecule has 1 aliphatic carbocycles. The zero-order valence-electron chi connectivity index (χ0n) is 16.9. The van der Waals surface area contributed by atoms with Crippen molar-refractivity contribution in [1.82, 2.24) is 19.5 Å². The number of nitrogen functional groups attached to an aromatic ring is 1. The minimum Gasteiger partial charge on any atom is -0.611 e. The average Bonchev–Trinajstić information content (AvgIpc) is 3.14. The fourth-order valence-electron chi connectivity index (χ4n) is 3.75. The predicted octanol–water partition coefficient (Wildman–Crippen LogP) is 5.42. The molecule has 0 saturated heterocycles. The van der Waals surface area contributed by atoms with Gasteiger partial charge in [-0.1, -0.05) is 24.7 Å². The minimum absolute atomic E-state index is 0.493. The van der Waals surface area contributed by atoms with E-state index in [0.717, 1.165) is 55.1 Å². The van der Waals surface area contributed by atoms with E-state index >= 15 is 0 Å². The Balaban J connectivity index is 1.74. The second kappa shape index (κ2) is 7.96. The van der Waals surface area contributed by atoms with Gasteiger partial charge in [0.2, 0.25) is 4.21 Å². The summed E-state index contributed by atoms with van der Waals surface area (Å²) in [7, 11) is 0. The van der Waals surface area contributed by atoms with Gasteiger partial charge in [-0.15, -0.1) is 11.3 Å². The van der Waals surface area contributed by atoms with E-state index in [4.69, 9.17) is 10.7 Å². The molecule has 2 N–H and O–H groups in total. The van der Waals surface area contributed by atoms with Gasteiger partial charge in [-0.25, -0.2) is 15.0 Å².